The van der Waals surface area contributed by atoms with Gasteiger partial charge in [0.2, 0.25) is 5.91 Å². The quantitative estimate of drug-likeness (QED) is 0.794. The largest absolute Gasteiger partial charge is 0.325 e. The van der Waals surface area contributed by atoms with Gasteiger partial charge in [0, 0.05) is 15.4 Å². The van der Waals surface area contributed by atoms with Gasteiger partial charge < -0.3 is 5.32 Å². The van der Waals surface area contributed by atoms with Crippen molar-refractivity contribution < 1.29 is 14.4 Å². The number of amides is 3. The SMILES string of the molecule is Cc1cc(C)cc(NC(=O)CN2C(=O)S/C(=C/c3ccc(C)s3)C2=O)c1. The Labute approximate surface area is 160 Å². The van der Waals surface area contributed by atoms with Crippen molar-refractivity contribution in [2.75, 3.05) is 11.9 Å². The van der Waals surface area contributed by atoms with E-state index in [-0.39, 0.29) is 6.54 Å². The summed E-state index contributed by atoms with van der Waals surface area (Å²) in [6.45, 7) is 5.57. The molecule has 3 amide bonds. The third-order valence-electron chi connectivity index (χ3n) is 3.72. The van der Waals surface area contributed by atoms with E-state index in [4.69, 9.17) is 0 Å². The first-order valence-electron chi connectivity index (χ1n) is 8.02. The molecule has 134 valence electrons. The molecular formula is C19H18N2O3S2. The van der Waals surface area contributed by atoms with Crippen molar-refractivity contribution in [3.8, 4) is 0 Å². The van der Waals surface area contributed by atoms with E-state index < -0.39 is 17.1 Å². The van der Waals surface area contributed by atoms with Crippen molar-refractivity contribution in [1.82, 2.24) is 4.90 Å². The number of anilines is 1. The average Bonchev–Trinajstić information content (AvgIpc) is 3.05. The fraction of sp³-hybridized carbons (Fsp3) is 0.211. The van der Waals surface area contributed by atoms with Crippen LogP contribution in [0.2, 0.25) is 0 Å². The number of hydrogen-bond acceptors (Lipinski definition) is 5. The lowest BCUT2D eigenvalue weighted by Gasteiger charge is -2.13. The van der Waals surface area contributed by atoms with E-state index in [9.17, 15) is 14.4 Å². The summed E-state index contributed by atoms with van der Waals surface area (Å²) in [5, 5.41) is 2.32. The third kappa shape index (κ3) is 4.23. The number of aryl methyl sites for hydroxylation is 3. The Bertz CT molecular complexity index is 910. The van der Waals surface area contributed by atoms with Gasteiger partial charge in [-0.05, 0) is 74.0 Å². The number of benzene rings is 1. The number of nitrogens with zero attached hydrogens (tertiary/aromatic N) is 1. The number of carbonyl (C=O) groups is 3. The number of rotatable bonds is 4. The van der Waals surface area contributed by atoms with Crippen molar-refractivity contribution in [1.29, 1.82) is 0 Å². The summed E-state index contributed by atoms with van der Waals surface area (Å²) < 4.78 is 0. The lowest BCUT2D eigenvalue weighted by atomic mass is 10.1. The molecule has 0 unspecified atom stereocenters. The number of carbonyl (C=O) groups excluding carboxylic acids is 3. The van der Waals surface area contributed by atoms with Gasteiger partial charge in [0.15, 0.2) is 0 Å². The van der Waals surface area contributed by atoms with Gasteiger partial charge in [-0.15, -0.1) is 11.3 Å². The molecule has 3 rings (SSSR count). The Kier molecular flexibility index (Phi) is 5.29. The first-order chi connectivity index (χ1) is 12.3. The highest BCUT2D eigenvalue weighted by molar-refractivity contribution is 8.18. The summed E-state index contributed by atoms with van der Waals surface area (Å²) >= 11 is 2.41. The van der Waals surface area contributed by atoms with E-state index in [0.29, 0.717) is 10.6 Å². The lowest BCUT2D eigenvalue weighted by molar-refractivity contribution is -0.127. The molecule has 7 heteroatoms. The van der Waals surface area contributed by atoms with Crippen molar-refractivity contribution in [3.63, 3.8) is 0 Å². The summed E-state index contributed by atoms with van der Waals surface area (Å²) in [5.41, 5.74) is 2.71. The first-order valence-corrected chi connectivity index (χ1v) is 9.65. The maximum absolute atomic E-state index is 12.5. The summed E-state index contributed by atoms with van der Waals surface area (Å²) in [5.74, 6) is -0.827. The van der Waals surface area contributed by atoms with Crippen LogP contribution in [-0.2, 0) is 9.59 Å². The van der Waals surface area contributed by atoms with Crippen LogP contribution in [0, 0.1) is 20.8 Å². The van der Waals surface area contributed by atoms with Crippen molar-refractivity contribution in [3.05, 3.63) is 56.1 Å². The molecule has 1 aromatic carbocycles. The normalized spacial score (nSPS) is 15.8. The van der Waals surface area contributed by atoms with E-state index in [1.807, 2.05) is 51.1 Å². The molecule has 2 heterocycles. The predicted octanol–water partition coefficient (Wildman–Crippen LogP) is 4.35. The fourth-order valence-electron chi connectivity index (χ4n) is 2.69. The van der Waals surface area contributed by atoms with Gasteiger partial charge in [0.05, 0.1) is 4.91 Å². The van der Waals surface area contributed by atoms with Gasteiger partial charge in [-0.1, -0.05) is 6.07 Å². The molecule has 1 saturated heterocycles. The van der Waals surface area contributed by atoms with Gasteiger partial charge in [0.1, 0.15) is 6.54 Å². The number of hydrogen-bond donors (Lipinski definition) is 1. The lowest BCUT2D eigenvalue weighted by Crippen LogP contribution is -2.36. The maximum atomic E-state index is 12.5. The van der Waals surface area contributed by atoms with Crippen molar-refractivity contribution in [2.45, 2.75) is 20.8 Å². The van der Waals surface area contributed by atoms with Crippen LogP contribution in [0.1, 0.15) is 20.9 Å². The van der Waals surface area contributed by atoms with E-state index in [1.54, 1.807) is 17.4 Å². The minimum Gasteiger partial charge on any atom is -0.325 e. The molecule has 1 aromatic heterocycles. The molecule has 0 bridgehead atoms. The zero-order valence-corrected chi connectivity index (χ0v) is 16.3. The summed E-state index contributed by atoms with van der Waals surface area (Å²) in [4.78, 5) is 40.2. The van der Waals surface area contributed by atoms with Crippen molar-refractivity contribution in [2.24, 2.45) is 0 Å². The maximum Gasteiger partial charge on any atom is 0.294 e. The van der Waals surface area contributed by atoms with Crippen LogP contribution in [0.25, 0.3) is 6.08 Å². The third-order valence-corrected chi connectivity index (χ3v) is 5.57. The van der Waals surface area contributed by atoms with E-state index >= 15 is 0 Å². The van der Waals surface area contributed by atoms with E-state index in [2.05, 4.69) is 5.32 Å². The molecule has 1 N–H and O–H groups in total. The highest BCUT2D eigenvalue weighted by Gasteiger charge is 2.36. The molecule has 0 atom stereocenters. The van der Waals surface area contributed by atoms with Crippen LogP contribution in [0.4, 0.5) is 10.5 Å². The van der Waals surface area contributed by atoms with Gasteiger partial charge in [-0.3, -0.25) is 19.3 Å². The van der Waals surface area contributed by atoms with Crippen molar-refractivity contribution >= 4 is 51.9 Å². The Balaban J connectivity index is 1.69. The molecule has 0 saturated carbocycles. The number of imide groups is 1. The standard InChI is InChI=1S/C19H18N2O3S2/c1-11-6-12(2)8-14(7-11)20-17(22)10-21-18(23)16(26-19(21)24)9-15-5-4-13(3)25-15/h4-9H,10H2,1-3H3,(H,20,22)/b16-9+. The van der Waals surface area contributed by atoms with Crippen LogP contribution in [0.15, 0.2) is 35.2 Å². The number of thiophene rings is 1. The Hall–Kier alpha value is -2.38. The highest BCUT2D eigenvalue weighted by atomic mass is 32.2. The number of nitrogens with one attached hydrogen (secondary N) is 1. The Morgan fingerprint density at radius 2 is 1.81 bits per heavy atom. The molecule has 0 aliphatic carbocycles. The molecule has 1 aliphatic heterocycles. The molecule has 5 nitrogen and oxygen atoms in total. The predicted molar refractivity (Wildman–Crippen MR) is 106 cm³/mol. The Morgan fingerprint density at radius 3 is 2.42 bits per heavy atom. The molecule has 26 heavy (non-hydrogen) atoms. The van der Waals surface area contributed by atoms with Crippen LogP contribution in [0.5, 0.6) is 0 Å². The highest BCUT2D eigenvalue weighted by Crippen LogP contribution is 2.33. The van der Waals surface area contributed by atoms with Gasteiger partial charge in [-0.2, -0.15) is 0 Å². The average molecular weight is 386 g/mol. The Morgan fingerprint density at radius 1 is 1.12 bits per heavy atom. The zero-order valence-electron chi connectivity index (χ0n) is 14.7. The smallest absolute Gasteiger partial charge is 0.294 e. The van der Waals surface area contributed by atoms with Gasteiger partial charge in [-0.25, -0.2) is 0 Å². The second kappa shape index (κ2) is 7.47. The number of thioether (sulfide) groups is 1. The molecule has 1 fully saturated rings. The summed E-state index contributed by atoms with van der Waals surface area (Å²) in [6.07, 6.45) is 1.70. The molecule has 1 aliphatic rings. The minimum absolute atomic E-state index is 0.293. The fourth-order valence-corrected chi connectivity index (χ4v) is 4.41. The summed E-state index contributed by atoms with van der Waals surface area (Å²) in [6, 6.07) is 9.55. The summed E-state index contributed by atoms with van der Waals surface area (Å²) in [7, 11) is 0. The second-order valence-corrected chi connectivity index (χ2v) is 8.45. The first kappa shape index (κ1) is 18.4. The van der Waals surface area contributed by atoms with Gasteiger partial charge in [0.25, 0.3) is 11.1 Å². The monoisotopic (exact) mass is 386 g/mol. The van der Waals surface area contributed by atoms with E-state index in [0.717, 1.165) is 37.5 Å². The molecule has 0 radical (unpaired) electrons. The zero-order chi connectivity index (χ0) is 18.8. The van der Waals surface area contributed by atoms with Crippen LogP contribution >= 0.6 is 23.1 Å². The van der Waals surface area contributed by atoms with Crippen LogP contribution < -0.4 is 5.32 Å². The molecular weight excluding hydrogens is 368 g/mol. The topological polar surface area (TPSA) is 66.5 Å². The van der Waals surface area contributed by atoms with Crippen LogP contribution in [-0.4, -0.2) is 28.5 Å². The van der Waals surface area contributed by atoms with Crippen LogP contribution in [0.3, 0.4) is 0 Å². The molecule has 0 spiro atoms. The van der Waals surface area contributed by atoms with Gasteiger partial charge >= 0.3 is 0 Å². The second-order valence-electron chi connectivity index (χ2n) is 6.14. The minimum atomic E-state index is -0.429. The molecule has 2 aromatic rings. The van der Waals surface area contributed by atoms with E-state index in [1.165, 1.54) is 0 Å².